The molecule has 2 aromatic rings. The third kappa shape index (κ3) is 5.30. The van der Waals surface area contributed by atoms with E-state index in [0.29, 0.717) is 31.3 Å². The average Bonchev–Trinajstić information content (AvgIpc) is 3.18. The minimum Gasteiger partial charge on any atom is -0.494 e. The van der Waals surface area contributed by atoms with Crippen LogP contribution >= 0.6 is 0 Å². The molecule has 2 fully saturated rings. The van der Waals surface area contributed by atoms with E-state index in [1.807, 2.05) is 36.2 Å². The Morgan fingerprint density at radius 3 is 2.71 bits per heavy atom. The van der Waals surface area contributed by atoms with Gasteiger partial charge in [-0.1, -0.05) is 0 Å². The summed E-state index contributed by atoms with van der Waals surface area (Å²) >= 11 is 0. The highest BCUT2D eigenvalue weighted by Gasteiger charge is 2.34. The summed E-state index contributed by atoms with van der Waals surface area (Å²) in [6.07, 6.45) is 4.24. The summed E-state index contributed by atoms with van der Waals surface area (Å²) < 4.78 is 5.63. The number of nitrogens with two attached hydrogens (primary N) is 2. The summed E-state index contributed by atoms with van der Waals surface area (Å²) in [7, 11) is 1.83. The number of nitrogens with one attached hydrogen (secondary N) is 1. The first-order chi connectivity index (χ1) is 16.5. The number of primary amides is 1. The number of anilines is 3. The highest BCUT2D eigenvalue weighted by atomic mass is 16.5. The molecule has 0 saturated carbocycles. The van der Waals surface area contributed by atoms with Gasteiger partial charge in [0, 0.05) is 38.9 Å². The van der Waals surface area contributed by atoms with Crippen LogP contribution < -0.4 is 26.4 Å². The van der Waals surface area contributed by atoms with Gasteiger partial charge in [0.05, 0.1) is 18.8 Å². The molecule has 0 radical (unpaired) electrons. The first-order valence-corrected chi connectivity index (χ1v) is 11.6. The summed E-state index contributed by atoms with van der Waals surface area (Å²) in [5.74, 6) is 1.00. The van der Waals surface area contributed by atoms with Crippen molar-refractivity contribution in [2.24, 2.45) is 11.5 Å². The molecule has 2 aliphatic rings. The average molecular weight is 469 g/mol. The van der Waals surface area contributed by atoms with Crippen molar-refractivity contribution in [1.29, 1.82) is 0 Å². The zero-order valence-corrected chi connectivity index (χ0v) is 19.4. The largest absolute Gasteiger partial charge is 0.494 e. The van der Waals surface area contributed by atoms with Crippen molar-refractivity contribution in [2.75, 3.05) is 56.6 Å². The molecule has 4 rings (SSSR count). The monoisotopic (exact) mass is 468 g/mol. The molecule has 0 spiro atoms. The second-order valence-electron chi connectivity index (χ2n) is 8.57. The van der Waals surface area contributed by atoms with Crippen molar-refractivity contribution in [1.82, 2.24) is 19.8 Å². The second kappa shape index (κ2) is 10.6. The maximum atomic E-state index is 12.5. The SMILES string of the molecule is CN1CCN([C@@H]2CCCN(c3cnc(C(N)=O)c(Nc4ccc(OCCCN)cc4)n3)C2)C1=O. The molecular weight excluding hydrogens is 436 g/mol. The topological polar surface area (TPSA) is 143 Å². The smallest absolute Gasteiger partial charge is 0.320 e. The van der Waals surface area contributed by atoms with E-state index in [1.54, 1.807) is 11.1 Å². The van der Waals surface area contributed by atoms with Gasteiger partial charge in [-0.3, -0.25) is 4.79 Å². The standard InChI is InChI=1S/C23H32N8O3/c1-29-11-12-31(23(29)33)17-4-2-10-30(15-17)19-14-26-20(21(25)32)22(28-19)27-16-5-7-18(8-6-16)34-13-3-9-24/h5-8,14,17H,2-4,9-13,15,24H2,1H3,(H2,25,32)(H,27,28)/t17-/m1/s1. The lowest BCUT2D eigenvalue weighted by Gasteiger charge is -2.37. The predicted octanol–water partition coefficient (Wildman–Crippen LogP) is 1.38. The van der Waals surface area contributed by atoms with Crippen LogP contribution in [0.3, 0.4) is 0 Å². The summed E-state index contributed by atoms with van der Waals surface area (Å²) in [5.41, 5.74) is 11.8. The number of urea groups is 1. The third-order valence-electron chi connectivity index (χ3n) is 6.14. The first kappa shape index (κ1) is 23.6. The van der Waals surface area contributed by atoms with Gasteiger partial charge in [0.25, 0.3) is 5.91 Å². The first-order valence-electron chi connectivity index (χ1n) is 11.6. The fourth-order valence-electron chi connectivity index (χ4n) is 4.27. The number of hydrogen-bond donors (Lipinski definition) is 3. The summed E-state index contributed by atoms with van der Waals surface area (Å²) in [4.78, 5) is 39.2. The van der Waals surface area contributed by atoms with Gasteiger partial charge in [-0.05, 0) is 50.1 Å². The molecule has 1 aromatic heterocycles. The van der Waals surface area contributed by atoms with Gasteiger partial charge in [-0.2, -0.15) is 0 Å². The van der Waals surface area contributed by atoms with Crippen molar-refractivity contribution < 1.29 is 14.3 Å². The van der Waals surface area contributed by atoms with Gasteiger partial charge in [0.1, 0.15) is 11.6 Å². The van der Waals surface area contributed by atoms with Gasteiger partial charge in [0.2, 0.25) is 0 Å². The number of aromatic nitrogens is 2. The molecule has 34 heavy (non-hydrogen) atoms. The van der Waals surface area contributed by atoms with Crippen LogP contribution in [-0.4, -0.2) is 84.1 Å². The number of rotatable bonds is 9. The van der Waals surface area contributed by atoms with Crippen LogP contribution in [0.4, 0.5) is 22.1 Å². The molecule has 3 amide bonds. The van der Waals surface area contributed by atoms with Crippen molar-refractivity contribution in [3.63, 3.8) is 0 Å². The molecule has 0 bridgehead atoms. The number of piperidine rings is 1. The van der Waals surface area contributed by atoms with E-state index in [0.717, 1.165) is 50.3 Å². The van der Waals surface area contributed by atoms with Gasteiger partial charge in [-0.25, -0.2) is 14.8 Å². The quantitative estimate of drug-likeness (QED) is 0.469. The van der Waals surface area contributed by atoms with Crippen LogP contribution in [0.2, 0.25) is 0 Å². The van der Waals surface area contributed by atoms with Crippen molar-refractivity contribution >= 4 is 29.3 Å². The maximum Gasteiger partial charge on any atom is 0.320 e. The Bertz CT molecular complexity index is 1020. The molecule has 1 aromatic carbocycles. The number of carbonyl (C=O) groups is 2. The van der Waals surface area contributed by atoms with E-state index in [-0.39, 0.29) is 17.8 Å². The van der Waals surface area contributed by atoms with E-state index >= 15 is 0 Å². The second-order valence-corrected chi connectivity index (χ2v) is 8.57. The number of benzene rings is 1. The van der Waals surface area contributed by atoms with Gasteiger partial charge < -0.3 is 36.2 Å². The molecule has 0 unspecified atom stereocenters. The van der Waals surface area contributed by atoms with Gasteiger partial charge in [0.15, 0.2) is 11.5 Å². The number of ether oxygens (including phenoxy) is 1. The Morgan fingerprint density at radius 2 is 2.03 bits per heavy atom. The number of carbonyl (C=O) groups excluding carboxylic acids is 2. The van der Waals surface area contributed by atoms with Gasteiger partial charge >= 0.3 is 6.03 Å². The van der Waals surface area contributed by atoms with Crippen LogP contribution in [0.25, 0.3) is 0 Å². The normalized spacial score (nSPS) is 18.4. The van der Waals surface area contributed by atoms with Crippen molar-refractivity contribution in [2.45, 2.75) is 25.3 Å². The lowest BCUT2D eigenvalue weighted by atomic mass is 10.0. The van der Waals surface area contributed by atoms with Crippen LogP contribution in [0.15, 0.2) is 30.5 Å². The predicted molar refractivity (Wildman–Crippen MR) is 129 cm³/mol. The van der Waals surface area contributed by atoms with E-state index < -0.39 is 5.91 Å². The molecule has 2 aliphatic heterocycles. The molecule has 11 nitrogen and oxygen atoms in total. The Morgan fingerprint density at radius 1 is 1.24 bits per heavy atom. The molecule has 2 saturated heterocycles. The zero-order valence-electron chi connectivity index (χ0n) is 19.4. The highest BCUT2D eigenvalue weighted by molar-refractivity contribution is 5.96. The Kier molecular flexibility index (Phi) is 7.31. The lowest BCUT2D eigenvalue weighted by molar-refractivity contribution is 0.0996. The molecule has 5 N–H and O–H groups in total. The Labute approximate surface area is 199 Å². The van der Waals surface area contributed by atoms with E-state index in [4.69, 9.17) is 16.2 Å². The number of nitrogens with zero attached hydrogens (tertiary/aromatic N) is 5. The Hall–Kier alpha value is -3.60. The van der Waals surface area contributed by atoms with E-state index in [9.17, 15) is 9.59 Å². The van der Waals surface area contributed by atoms with Crippen molar-refractivity contribution in [3.8, 4) is 5.75 Å². The highest BCUT2D eigenvalue weighted by Crippen LogP contribution is 2.26. The summed E-state index contributed by atoms with van der Waals surface area (Å²) in [6, 6.07) is 7.53. The fourth-order valence-corrected chi connectivity index (χ4v) is 4.27. The lowest BCUT2D eigenvalue weighted by Crippen LogP contribution is -2.49. The summed E-state index contributed by atoms with van der Waals surface area (Å²) in [5, 5.41) is 3.16. The van der Waals surface area contributed by atoms with Crippen LogP contribution in [-0.2, 0) is 0 Å². The third-order valence-corrected chi connectivity index (χ3v) is 6.14. The minimum atomic E-state index is -0.662. The van der Waals surface area contributed by atoms with Gasteiger partial charge in [-0.15, -0.1) is 0 Å². The zero-order chi connectivity index (χ0) is 24.1. The Balaban J connectivity index is 1.49. The molecule has 1 atom stereocenters. The fraction of sp³-hybridized carbons (Fsp3) is 0.478. The van der Waals surface area contributed by atoms with Crippen molar-refractivity contribution in [3.05, 3.63) is 36.2 Å². The number of hydrogen-bond acceptors (Lipinski definition) is 8. The number of likely N-dealkylation sites (N-methyl/N-ethyl adjacent to an activating group) is 1. The minimum absolute atomic E-state index is 0.0666. The maximum absolute atomic E-state index is 12.5. The van der Waals surface area contributed by atoms with Crippen LogP contribution in [0.5, 0.6) is 5.75 Å². The van der Waals surface area contributed by atoms with Crippen LogP contribution in [0.1, 0.15) is 29.8 Å². The van der Waals surface area contributed by atoms with Crippen LogP contribution in [0, 0.1) is 0 Å². The van der Waals surface area contributed by atoms with E-state index in [1.165, 1.54) is 0 Å². The molecule has 3 heterocycles. The van der Waals surface area contributed by atoms with E-state index in [2.05, 4.69) is 20.2 Å². The molecular formula is C23H32N8O3. The summed E-state index contributed by atoms with van der Waals surface area (Å²) in [6.45, 7) is 4.07. The molecule has 11 heteroatoms. The molecule has 0 aliphatic carbocycles. The molecule has 182 valence electrons. The number of amides is 3.